The van der Waals surface area contributed by atoms with E-state index < -0.39 is 5.92 Å². The number of nitrogens with one attached hydrogen (secondary N) is 2. The fourth-order valence-electron chi connectivity index (χ4n) is 2.66. The number of benzene rings is 2. The van der Waals surface area contributed by atoms with E-state index in [1.54, 1.807) is 36.3 Å². The maximum atomic E-state index is 12.9. The summed E-state index contributed by atoms with van der Waals surface area (Å²) < 4.78 is 18.0. The zero-order valence-corrected chi connectivity index (χ0v) is 13.7. The van der Waals surface area contributed by atoms with Crippen LogP contribution in [0.25, 0.3) is 0 Å². The van der Waals surface area contributed by atoms with Crippen molar-refractivity contribution in [2.75, 3.05) is 24.0 Å². The van der Waals surface area contributed by atoms with Crippen LogP contribution in [0.15, 0.2) is 48.5 Å². The van der Waals surface area contributed by atoms with E-state index in [4.69, 9.17) is 4.74 Å². The maximum absolute atomic E-state index is 12.9. The molecule has 1 aliphatic heterocycles. The zero-order chi connectivity index (χ0) is 17.8. The van der Waals surface area contributed by atoms with E-state index >= 15 is 0 Å². The fraction of sp³-hybridized carbons (Fsp3) is 0.222. The maximum Gasteiger partial charge on any atom is 0.243 e. The number of hydrogen-bond donors (Lipinski definition) is 2. The number of carbonyl (C=O) groups excluding carboxylic acids is 2. The number of anilines is 2. The lowest BCUT2D eigenvalue weighted by atomic mass is 10.1. The normalized spacial score (nSPS) is 16.6. The summed E-state index contributed by atoms with van der Waals surface area (Å²) in [7, 11) is 1.57. The topological polar surface area (TPSA) is 70.7 Å². The number of nitrogens with zero attached hydrogens (tertiary/aromatic N) is 1. The number of methoxy groups -OCH3 is 1. The lowest BCUT2D eigenvalue weighted by Crippen LogP contribution is -2.36. The highest BCUT2D eigenvalue weighted by molar-refractivity contribution is 6.00. The molecule has 0 saturated carbocycles. The fourth-order valence-corrected chi connectivity index (χ4v) is 2.66. The van der Waals surface area contributed by atoms with Gasteiger partial charge in [-0.15, -0.1) is 0 Å². The first-order valence-electron chi connectivity index (χ1n) is 7.82. The van der Waals surface area contributed by atoms with Gasteiger partial charge in [0.05, 0.1) is 18.7 Å². The van der Waals surface area contributed by atoms with E-state index in [1.165, 1.54) is 24.3 Å². The second kappa shape index (κ2) is 7.21. The first kappa shape index (κ1) is 16.8. The molecule has 2 amide bonds. The van der Waals surface area contributed by atoms with Gasteiger partial charge in [-0.2, -0.15) is 0 Å². The minimum Gasteiger partial charge on any atom is -0.497 e. The Labute approximate surface area is 144 Å². The molecule has 1 aliphatic rings. The van der Waals surface area contributed by atoms with Gasteiger partial charge in [0.25, 0.3) is 0 Å². The van der Waals surface area contributed by atoms with Crippen LogP contribution in [0.4, 0.5) is 15.8 Å². The second-order valence-electron chi connectivity index (χ2n) is 5.72. The van der Waals surface area contributed by atoms with E-state index in [2.05, 4.69) is 10.9 Å². The first-order valence-corrected chi connectivity index (χ1v) is 7.82. The molecule has 0 spiro atoms. The Bertz CT molecular complexity index is 762. The summed E-state index contributed by atoms with van der Waals surface area (Å²) in [5.41, 5.74) is 6.57. The van der Waals surface area contributed by atoms with Crippen LogP contribution < -0.4 is 20.5 Å². The summed E-state index contributed by atoms with van der Waals surface area (Å²) in [6.45, 7) is 0.308. The molecule has 7 heteroatoms. The quantitative estimate of drug-likeness (QED) is 0.818. The Morgan fingerprint density at radius 1 is 1.16 bits per heavy atom. The van der Waals surface area contributed by atoms with E-state index in [9.17, 15) is 14.0 Å². The van der Waals surface area contributed by atoms with E-state index in [1.807, 2.05) is 0 Å². The number of hydrazine groups is 1. The van der Waals surface area contributed by atoms with Gasteiger partial charge < -0.3 is 9.64 Å². The number of amides is 2. The molecule has 1 heterocycles. The number of hydrogen-bond acceptors (Lipinski definition) is 4. The first-order chi connectivity index (χ1) is 12.1. The van der Waals surface area contributed by atoms with Crippen molar-refractivity contribution in [3.63, 3.8) is 0 Å². The molecule has 25 heavy (non-hydrogen) atoms. The minimum absolute atomic E-state index is 0.105. The van der Waals surface area contributed by atoms with Gasteiger partial charge in [-0.25, -0.2) is 4.39 Å². The third-order valence-electron chi connectivity index (χ3n) is 4.05. The molecule has 0 radical (unpaired) electrons. The molecule has 130 valence electrons. The van der Waals surface area contributed by atoms with Crippen LogP contribution in [-0.4, -0.2) is 25.5 Å². The number of halogens is 1. The Morgan fingerprint density at radius 2 is 1.84 bits per heavy atom. The standard InChI is InChI=1S/C18H18FN3O3/c1-25-16-8-6-15(7-9-16)22-11-12(10-17(22)23)18(24)21-20-14-4-2-13(19)3-5-14/h2-9,12,20H,10-11H2,1H3,(H,21,24). The Morgan fingerprint density at radius 3 is 2.48 bits per heavy atom. The van der Waals surface area contributed by atoms with Gasteiger partial charge in [0.2, 0.25) is 11.8 Å². The Hall–Kier alpha value is -3.09. The molecule has 2 N–H and O–H groups in total. The molecule has 0 aromatic heterocycles. The summed E-state index contributed by atoms with van der Waals surface area (Å²) in [5, 5.41) is 0. The second-order valence-corrected chi connectivity index (χ2v) is 5.72. The molecule has 1 fully saturated rings. The van der Waals surface area contributed by atoms with Crippen molar-refractivity contribution < 1.29 is 18.7 Å². The van der Waals surface area contributed by atoms with Crippen molar-refractivity contribution in [3.05, 3.63) is 54.3 Å². The summed E-state index contributed by atoms with van der Waals surface area (Å²) in [5.74, 6) is -0.495. The van der Waals surface area contributed by atoms with Gasteiger partial charge in [-0.3, -0.25) is 20.4 Å². The third kappa shape index (κ3) is 3.88. The lowest BCUT2D eigenvalue weighted by molar-refractivity contribution is -0.125. The van der Waals surface area contributed by atoms with Crippen molar-refractivity contribution in [1.82, 2.24) is 5.43 Å². The summed E-state index contributed by atoms with van der Waals surface area (Å²) in [6, 6.07) is 12.7. The average molecular weight is 343 g/mol. The average Bonchev–Trinajstić information content (AvgIpc) is 3.03. The molecule has 2 aromatic carbocycles. The van der Waals surface area contributed by atoms with E-state index in [0.29, 0.717) is 18.0 Å². The molecule has 1 saturated heterocycles. The number of rotatable bonds is 5. The van der Waals surface area contributed by atoms with Crippen molar-refractivity contribution in [3.8, 4) is 5.75 Å². The number of carbonyl (C=O) groups is 2. The van der Waals surface area contributed by atoms with Crippen LogP contribution in [0, 0.1) is 11.7 Å². The predicted molar refractivity (Wildman–Crippen MR) is 91.6 cm³/mol. The molecule has 2 aromatic rings. The van der Waals surface area contributed by atoms with Gasteiger partial charge in [0, 0.05) is 18.7 Å². The van der Waals surface area contributed by atoms with E-state index in [0.717, 1.165) is 5.69 Å². The van der Waals surface area contributed by atoms with Crippen molar-refractivity contribution in [2.24, 2.45) is 5.92 Å². The van der Waals surface area contributed by atoms with Gasteiger partial charge in [-0.05, 0) is 48.5 Å². The minimum atomic E-state index is -0.456. The molecule has 6 nitrogen and oxygen atoms in total. The molecule has 1 unspecified atom stereocenters. The van der Waals surface area contributed by atoms with Crippen LogP contribution in [0.3, 0.4) is 0 Å². The SMILES string of the molecule is COc1ccc(N2CC(C(=O)NNc3ccc(F)cc3)CC2=O)cc1. The Balaban J connectivity index is 1.59. The van der Waals surface area contributed by atoms with Crippen molar-refractivity contribution in [1.29, 1.82) is 0 Å². The van der Waals surface area contributed by atoms with Crippen molar-refractivity contribution in [2.45, 2.75) is 6.42 Å². The summed E-state index contributed by atoms with van der Waals surface area (Å²) >= 11 is 0. The Kier molecular flexibility index (Phi) is 4.83. The monoisotopic (exact) mass is 343 g/mol. The van der Waals surface area contributed by atoms with Crippen LogP contribution in [0.2, 0.25) is 0 Å². The largest absolute Gasteiger partial charge is 0.497 e. The predicted octanol–water partition coefficient (Wildman–Crippen LogP) is 2.33. The molecular weight excluding hydrogens is 325 g/mol. The molecule has 0 bridgehead atoms. The number of ether oxygens (including phenoxy) is 1. The van der Waals surface area contributed by atoms with Crippen molar-refractivity contribution >= 4 is 23.2 Å². The molecule has 3 rings (SSSR count). The summed E-state index contributed by atoms with van der Waals surface area (Å²) in [4.78, 5) is 26.1. The highest BCUT2D eigenvalue weighted by Crippen LogP contribution is 2.26. The lowest BCUT2D eigenvalue weighted by Gasteiger charge is -2.17. The van der Waals surface area contributed by atoms with Gasteiger partial charge in [-0.1, -0.05) is 0 Å². The van der Waals surface area contributed by atoms with Crippen LogP contribution in [0.5, 0.6) is 5.75 Å². The van der Waals surface area contributed by atoms with Crippen LogP contribution in [-0.2, 0) is 9.59 Å². The van der Waals surface area contributed by atoms with Crippen LogP contribution >= 0.6 is 0 Å². The highest BCUT2D eigenvalue weighted by Gasteiger charge is 2.35. The van der Waals surface area contributed by atoms with E-state index in [-0.39, 0.29) is 24.1 Å². The van der Waals surface area contributed by atoms with Crippen LogP contribution in [0.1, 0.15) is 6.42 Å². The summed E-state index contributed by atoms with van der Waals surface area (Å²) in [6.07, 6.45) is 0.142. The molecular formula is C18H18FN3O3. The third-order valence-corrected chi connectivity index (χ3v) is 4.05. The van der Waals surface area contributed by atoms with Gasteiger partial charge >= 0.3 is 0 Å². The molecule has 0 aliphatic carbocycles. The van der Waals surface area contributed by atoms with Gasteiger partial charge in [0.15, 0.2) is 0 Å². The van der Waals surface area contributed by atoms with Gasteiger partial charge in [0.1, 0.15) is 11.6 Å². The smallest absolute Gasteiger partial charge is 0.243 e. The molecule has 1 atom stereocenters. The highest BCUT2D eigenvalue weighted by atomic mass is 19.1. The zero-order valence-electron chi connectivity index (χ0n) is 13.7.